The highest BCUT2D eigenvalue weighted by molar-refractivity contribution is 7.91. The molecule has 144 valence electrons. The summed E-state index contributed by atoms with van der Waals surface area (Å²) in [5.41, 5.74) is 1.58. The lowest BCUT2D eigenvalue weighted by molar-refractivity contribution is -0.125. The molecule has 0 bridgehead atoms. The lowest BCUT2D eigenvalue weighted by Gasteiger charge is -2.23. The molecular weight excluding hydrogens is 360 g/mol. The molecule has 0 aliphatic heterocycles. The molecule has 1 aliphatic rings. The number of pyridine rings is 1. The Morgan fingerprint density at radius 1 is 1.15 bits per heavy atom. The molecule has 0 spiro atoms. The van der Waals surface area contributed by atoms with Gasteiger partial charge in [0, 0.05) is 24.9 Å². The SMILES string of the molecule is Cc1ccc(S(=O)(=O)[C@H](CNC(=O)C2CCCCC2)c2cccnc2)cc1. The Kier molecular flexibility index (Phi) is 6.26. The van der Waals surface area contributed by atoms with Gasteiger partial charge in [-0.2, -0.15) is 0 Å². The molecule has 1 heterocycles. The minimum Gasteiger partial charge on any atom is -0.354 e. The normalized spacial score (nSPS) is 16.6. The van der Waals surface area contributed by atoms with E-state index < -0.39 is 15.1 Å². The first-order valence-electron chi connectivity index (χ1n) is 9.46. The van der Waals surface area contributed by atoms with E-state index in [0.717, 1.165) is 31.2 Å². The number of nitrogens with zero attached hydrogens (tertiary/aromatic N) is 1. The maximum absolute atomic E-state index is 13.3. The van der Waals surface area contributed by atoms with Crippen molar-refractivity contribution in [3.05, 3.63) is 59.9 Å². The van der Waals surface area contributed by atoms with E-state index in [1.807, 2.05) is 6.92 Å². The van der Waals surface area contributed by atoms with Gasteiger partial charge in [0.2, 0.25) is 5.91 Å². The van der Waals surface area contributed by atoms with Gasteiger partial charge in [-0.25, -0.2) is 8.42 Å². The summed E-state index contributed by atoms with van der Waals surface area (Å²) >= 11 is 0. The van der Waals surface area contributed by atoms with Gasteiger partial charge in [0.05, 0.1) is 4.90 Å². The van der Waals surface area contributed by atoms with Crippen LogP contribution in [0.2, 0.25) is 0 Å². The average molecular weight is 387 g/mol. The van der Waals surface area contributed by atoms with Crippen LogP contribution in [0.3, 0.4) is 0 Å². The monoisotopic (exact) mass is 386 g/mol. The van der Waals surface area contributed by atoms with Crippen molar-refractivity contribution < 1.29 is 13.2 Å². The van der Waals surface area contributed by atoms with Crippen LogP contribution in [0.4, 0.5) is 0 Å². The minimum absolute atomic E-state index is 0.00428. The highest BCUT2D eigenvalue weighted by atomic mass is 32.2. The zero-order chi connectivity index (χ0) is 19.3. The number of amides is 1. The van der Waals surface area contributed by atoms with Gasteiger partial charge in [-0.15, -0.1) is 0 Å². The number of hydrogen-bond acceptors (Lipinski definition) is 4. The summed E-state index contributed by atoms with van der Waals surface area (Å²) < 4.78 is 26.5. The summed E-state index contributed by atoms with van der Waals surface area (Å²) in [6.07, 6.45) is 8.23. The topological polar surface area (TPSA) is 76.1 Å². The molecule has 1 amide bonds. The smallest absolute Gasteiger partial charge is 0.223 e. The molecule has 1 atom stereocenters. The average Bonchev–Trinajstić information content (AvgIpc) is 2.69. The van der Waals surface area contributed by atoms with Gasteiger partial charge in [0.15, 0.2) is 9.84 Å². The molecule has 1 aliphatic carbocycles. The predicted octanol–water partition coefficient (Wildman–Crippen LogP) is 3.60. The first-order valence-corrected chi connectivity index (χ1v) is 11.0. The van der Waals surface area contributed by atoms with Gasteiger partial charge < -0.3 is 5.32 Å². The van der Waals surface area contributed by atoms with Gasteiger partial charge in [-0.3, -0.25) is 9.78 Å². The molecule has 6 heteroatoms. The van der Waals surface area contributed by atoms with E-state index in [0.29, 0.717) is 5.56 Å². The molecule has 1 aromatic heterocycles. The van der Waals surface area contributed by atoms with Crippen LogP contribution in [0.1, 0.15) is 48.5 Å². The summed E-state index contributed by atoms with van der Waals surface area (Å²) in [4.78, 5) is 16.8. The highest BCUT2D eigenvalue weighted by Gasteiger charge is 2.31. The molecular formula is C21H26N2O3S. The van der Waals surface area contributed by atoms with Crippen LogP contribution in [0.15, 0.2) is 53.7 Å². The fourth-order valence-electron chi connectivity index (χ4n) is 3.57. The van der Waals surface area contributed by atoms with Crippen LogP contribution in [-0.4, -0.2) is 25.9 Å². The Morgan fingerprint density at radius 2 is 1.85 bits per heavy atom. The second kappa shape index (κ2) is 8.65. The zero-order valence-electron chi connectivity index (χ0n) is 15.6. The van der Waals surface area contributed by atoms with E-state index in [1.165, 1.54) is 6.42 Å². The van der Waals surface area contributed by atoms with Gasteiger partial charge >= 0.3 is 0 Å². The number of sulfone groups is 1. The Hall–Kier alpha value is -2.21. The maximum Gasteiger partial charge on any atom is 0.223 e. The van der Waals surface area contributed by atoms with Crippen LogP contribution < -0.4 is 5.32 Å². The molecule has 1 fully saturated rings. The van der Waals surface area contributed by atoms with Crippen LogP contribution in [-0.2, 0) is 14.6 Å². The summed E-state index contributed by atoms with van der Waals surface area (Å²) in [5.74, 6) is -0.0435. The van der Waals surface area contributed by atoms with Crippen LogP contribution in [0.25, 0.3) is 0 Å². The number of aryl methyl sites for hydroxylation is 1. The fraction of sp³-hybridized carbons (Fsp3) is 0.429. The molecule has 3 rings (SSSR count). The first kappa shape index (κ1) is 19.5. The quantitative estimate of drug-likeness (QED) is 0.823. The van der Waals surface area contributed by atoms with Crippen molar-refractivity contribution in [3.63, 3.8) is 0 Å². The fourth-order valence-corrected chi connectivity index (χ4v) is 5.21. The Balaban J connectivity index is 1.83. The molecule has 0 unspecified atom stereocenters. The van der Waals surface area contributed by atoms with E-state index >= 15 is 0 Å². The van der Waals surface area contributed by atoms with E-state index in [4.69, 9.17) is 0 Å². The van der Waals surface area contributed by atoms with Gasteiger partial charge in [-0.05, 0) is 43.5 Å². The van der Waals surface area contributed by atoms with Crippen molar-refractivity contribution in [2.75, 3.05) is 6.54 Å². The lowest BCUT2D eigenvalue weighted by Crippen LogP contribution is -2.36. The Labute approximate surface area is 161 Å². The third-order valence-corrected chi connectivity index (χ3v) is 7.34. The number of rotatable bonds is 6. The second-order valence-electron chi connectivity index (χ2n) is 7.21. The van der Waals surface area contributed by atoms with Crippen molar-refractivity contribution in [1.29, 1.82) is 0 Å². The zero-order valence-corrected chi connectivity index (χ0v) is 16.4. The van der Waals surface area contributed by atoms with Crippen LogP contribution >= 0.6 is 0 Å². The van der Waals surface area contributed by atoms with Crippen molar-refractivity contribution in [2.45, 2.75) is 49.2 Å². The largest absolute Gasteiger partial charge is 0.354 e. The van der Waals surface area contributed by atoms with Gasteiger partial charge in [0.1, 0.15) is 5.25 Å². The van der Waals surface area contributed by atoms with Crippen molar-refractivity contribution in [1.82, 2.24) is 10.3 Å². The molecule has 1 aromatic carbocycles. The van der Waals surface area contributed by atoms with E-state index in [2.05, 4.69) is 10.3 Å². The molecule has 0 saturated heterocycles. The molecule has 5 nitrogen and oxygen atoms in total. The molecule has 1 N–H and O–H groups in total. The second-order valence-corrected chi connectivity index (χ2v) is 9.34. The molecule has 1 saturated carbocycles. The van der Waals surface area contributed by atoms with Gasteiger partial charge in [-0.1, -0.05) is 43.0 Å². The van der Waals surface area contributed by atoms with Crippen LogP contribution in [0.5, 0.6) is 0 Å². The van der Waals surface area contributed by atoms with E-state index in [9.17, 15) is 13.2 Å². The van der Waals surface area contributed by atoms with E-state index in [-0.39, 0.29) is 23.3 Å². The standard InChI is InChI=1S/C21H26N2O3S/c1-16-9-11-19(12-10-16)27(25,26)20(18-8-5-13-22-14-18)15-23-21(24)17-6-3-2-4-7-17/h5,8-14,17,20H,2-4,6-7,15H2,1H3,(H,23,24)/t20-/m1/s1. The van der Waals surface area contributed by atoms with Crippen molar-refractivity contribution >= 4 is 15.7 Å². The van der Waals surface area contributed by atoms with E-state index in [1.54, 1.807) is 48.8 Å². The molecule has 2 aromatic rings. The van der Waals surface area contributed by atoms with Crippen molar-refractivity contribution in [2.24, 2.45) is 5.92 Å². The number of benzene rings is 1. The Bertz CT molecular complexity index is 858. The highest BCUT2D eigenvalue weighted by Crippen LogP contribution is 2.29. The summed E-state index contributed by atoms with van der Waals surface area (Å²) in [6.45, 7) is 1.97. The molecule has 27 heavy (non-hydrogen) atoms. The minimum atomic E-state index is -3.65. The lowest BCUT2D eigenvalue weighted by atomic mass is 9.88. The first-order chi connectivity index (χ1) is 13.0. The number of carbonyl (C=O) groups excluding carboxylic acids is 1. The van der Waals surface area contributed by atoms with Gasteiger partial charge in [0.25, 0.3) is 0 Å². The Morgan fingerprint density at radius 3 is 2.48 bits per heavy atom. The predicted molar refractivity (Wildman–Crippen MR) is 105 cm³/mol. The number of nitrogens with one attached hydrogen (secondary N) is 1. The summed E-state index contributed by atoms with van der Waals surface area (Å²) in [5, 5.41) is 2.03. The summed E-state index contributed by atoms with van der Waals surface area (Å²) in [7, 11) is -3.65. The van der Waals surface area contributed by atoms with Crippen LogP contribution in [0, 0.1) is 12.8 Å². The number of hydrogen-bond donors (Lipinski definition) is 1. The van der Waals surface area contributed by atoms with Crippen molar-refractivity contribution in [3.8, 4) is 0 Å². The number of aromatic nitrogens is 1. The summed E-state index contributed by atoms with van der Waals surface area (Å²) in [6, 6.07) is 10.3. The third kappa shape index (κ3) is 4.75. The number of carbonyl (C=O) groups is 1. The third-order valence-electron chi connectivity index (χ3n) is 5.22. The maximum atomic E-state index is 13.3. The molecule has 0 radical (unpaired) electrons.